The summed E-state index contributed by atoms with van der Waals surface area (Å²) in [7, 11) is 0. The van der Waals surface area contributed by atoms with E-state index in [1.807, 2.05) is 0 Å². The summed E-state index contributed by atoms with van der Waals surface area (Å²) in [6.45, 7) is 4.23. The second-order valence-corrected chi connectivity index (χ2v) is 4.21. The van der Waals surface area contributed by atoms with Crippen LogP contribution >= 0.6 is 0 Å². The SMILES string of the molecule is C#CCN(CC(=O)O)C(=O)C(NC(C)=O)C(C)C. The van der Waals surface area contributed by atoms with E-state index in [-0.39, 0.29) is 18.4 Å². The molecule has 0 aromatic rings. The molecule has 0 aliphatic rings. The van der Waals surface area contributed by atoms with Crippen molar-refractivity contribution in [3.8, 4) is 12.3 Å². The van der Waals surface area contributed by atoms with Gasteiger partial charge in [-0.3, -0.25) is 14.4 Å². The average molecular weight is 254 g/mol. The van der Waals surface area contributed by atoms with Gasteiger partial charge in [-0.2, -0.15) is 0 Å². The van der Waals surface area contributed by atoms with Gasteiger partial charge in [0.15, 0.2) is 0 Å². The Morgan fingerprint density at radius 1 is 1.39 bits per heavy atom. The van der Waals surface area contributed by atoms with Crippen LogP contribution in [0.1, 0.15) is 20.8 Å². The summed E-state index contributed by atoms with van der Waals surface area (Å²) in [4.78, 5) is 34.8. The number of hydrogen-bond donors (Lipinski definition) is 2. The zero-order valence-electron chi connectivity index (χ0n) is 10.8. The smallest absolute Gasteiger partial charge is 0.323 e. The maximum atomic E-state index is 12.1. The first kappa shape index (κ1) is 16.0. The first-order chi connectivity index (χ1) is 8.29. The molecule has 18 heavy (non-hydrogen) atoms. The summed E-state index contributed by atoms with van der Waals surface area (Å²) in [6.07, 6.45) is 5.10. The summed E-state index contributed by atoms with van der Waals surface area (Å²) in [5.74, 6) is 0.0895. The van der Waals surface area contributed by atoms with Gasteiger partial charge in [0.1, 0.15) is 12.6 Å². The second kappa shape index (κ2) is 7.33. The van der Waals surface area contributed by atoms with E-state index in [4.69, 9.17) is 11.5 Å². The van der Waals surface area contributed by atoms with Crippen molar-refractivity contribution in [3.63, 3.8) is 0 Å². The third kappa shape index (κ3) is 5.34. The molecule has 0 aromatic carbocycles. The van der Waals surface area contributed by atoms with Gasteiger partial charge in [-0.1, -0.05) is 19.8 Å². The number of amides is 2. The van der Waals surface area contributed by atoms with E-state index in [1.54, 1.807) is 13.8 Å². The van der Waals surface area contributed by atoms with Crippen LogP contribution in [0.5, 0.6) is 0 Å². The van der Waals surface area contributed by atoms with Crippen LogP contribution < -0.4 is 5.32 Å². The van der Waals surface area contributed by atoms with Crippen LogP contribution in [0.4, 0.5) is 0 Å². The first-order valence-electron chi connectivity index (χ1n) is 5.50. The Morgan fingerprint density at radius 3 is 2.28 bits per heavy atom. The Balaban J connectivity index is 4.94. The summed E-state index contributed by atoms with van der Waals surface area (Å²) in [5, 5.41) is 11.2. The van der Waals surface area contributed by atoms with E-state index in [2.05, 4.69) is 11.2 Å². The highest BCUT2D eigenvalue weighted by molar-refractivity contribution is 5.89. The third-order valence-electron chi connectivity index (χ3n) is 2.21. The molecular formula is C12H18N2O4. The van der Waals surface area contributed by atoms with Gasteiger partial charge in [0, 0.05) is 6.92 Å². The van der Waals surface area contributed by atoms with Crippen molar-refractivity contribution in [1.82, 2.24) is 10.2 Å². The van der Waals surface area contributed by atoms with Crippen molar-refractivity contribution >= 4 is 17.8 Å². The molecule has 0 saturated heterocycles. The minimum Gasteiger partial charge on any atom is -0.480 e. The highest BCUT2D eigenvalue weighted by Gasteiger charge is 2.28. The first-order valence-corrected chi connectivity index (χ1v) is 5.50. The molecule has 2 N–H and O–H groups in total. The van der Waals surface area contributed by atoms with Gasteiger partial charge < -0.3 is 15.3 Å². The van der Waals surface area contributed by atoms with E-state index in [0.29, 0.717) is 0 Å². The second-order valence-electron chi connectivity index (χ2n) is 4.21. The van der Waals surface area contributed by atoms with Crippen LogP contribution in [0.2, 0.25) is 0 Å². The molecular weight excluding hydrogens is 236 g/mol. The number of carbonyl (C=O) groups excluding carboxylic acids is 2. The van der Waals surface area contributed by atoms with Gasteiger partial charge in [-0.25, -0.2) is 0 Å². The van der Waals surface area contributed by atoms with Crippen molar-refractivity contribution < 1.29 is 19.5 Å². The third-order valence-corrected chi connectivity index (χ3v) is 2.21. The van der Waals surface area contributed by atoms with Gasteiger partial charge in [0.05, 0.1) is 6.54 Å². The summed E-state index contributed by atoms with van der Waals surface area (Å²) in [6, 6.07) is -0.768. The van der Waals surface area contributed by atoms with Crippen molar-refractivity contribution in [1.29, 1.82) is 0 Å². The van der Waals surface area contributed by atoms with Crippen molar-refractivity contribution in [2.45, 2.75) is 26.8 Å². The minimum absolute atomic E-state index is 0.103. The molecule has 0 aliphatic carbocycles. The Morgan fingerprint density at radius 2 is 1.94 bits per heavy atom. The van der Waals surface area contributed by atoms with Crippen LogP contribution in [0.15, 0.2) is 0 Å². The van der Waals surface area contributed by atoms with Crippen LogP contribution in [-0.4, -0.2) is 46.9 Å². The fraction of sp³-hybridized carbons (Fsp3) is 0.583. The van der Waals surface area contributed by atoms with E-state index < -0.39 is 24.5 Å². The maximum absolute atomic E-state index is 12.1. The predicted octanol–water partition coefficient (Wildman–Crippen LogP) is -0.306. The Bertz CT molecular complexity index is 371. The number of aliphatic carboxylic acids is 1. The van der Waals surface area contributed by atoms with Gasteiger partial charge >= 0.3 is 5.97 Å². The Labute approximate surface area is 106 Å². The highest BCUT2D eigenvalue weighted by Crippen LogP contribution is 2.06. The minimum atomic E-state index is -1.15. The van der Waals surface area contributed by atoms with E-state index >= 15 is 0 Å². The van der Waals surface area contributed by atoms with Crippen LogP contribution in [-0.2, 0) is 14.4 Å². The van der Waals surface area contributed by atoms with Crippen LogP contribution in [0, 0.1) is 18.3 Å². The normalized spacial score (nSPS) is 11.5. The zero-order chi connectivity index (χ0) is 14.3. The summed E-state index contributed by atoms with van der Waals surface area (Å²) in [5.41, 5.74) is 0. The van der Waals surface area contributed by atoms with E-state index in [1.165, 1.54) is 6.92 Å². The largest absolute Gasteiger partial charge is 0.480 e. The number of nitrogens with zero attached hydrogens (tertiary/aromatic N) is 1. The molecule has 6 heteroatoms. The molecule has 0 rings (SSSR count). The van der Waals surface area contributed by atoms with Crippen molar-refractivity contribution in [3.05, 3.63) is 0 Å². The standard InChI is InChI=1S/C12H18N2O4/c1-5-6-14(7-10(16)17)12(18)11(8(2)3)13-9(4)15/h1,8,11H,6-7H2,2-4H3,(H,13,15)(H,16,17). The molecule has 0 aliphatic heterocycles. The van der Waals surface area contributed by atoms with Gasteiger partial charge in [-0.05, 0) is 5.92 Å². The lowest BCUT2D eigenvalue weighted by Crippen LogP contribution is -2.52. The number of carboxylic acids is 1. The molecule has 1 atom stereocenters. The number of carbonyl (C=O) groups is 3. The molecule has 0 aromatic heterocycles. The molecule has 0 saturated carbocycles. The topological polar surface area (TPSA) is 86.7 Å². The number of carboxylic acid groups (broad SMARTS) is 1. The van der Waals surface area contributed by atoms with E-state index in [0.717, 1.165) is 4.90 Å². The van der Waals surface area contributed by atoms with Crippen LogP contribution in [0.25, 0.3) is 0 Å². The number of hydrogen-bond acceptors (Lipinski definition) is 3. The molecule has 0 heterocycles. The fourth-order valence-electron chi connectivity index (χ4n) is 1.41. The maximum Gasteiger partial charge on any atom is 0.323 e. The summed E-state index contributed by atoms with van der Waals surface area (Å²) >= 11 is 0. The molecule has 6 nitrogen and oxygen atoms in total. The van der Waals surface area contributed by atoms with Gasteiger partial charge in [-0.15, -0.1) is 6.42 Å². The molecule has 2 amide bonds. The summed E-state index contributed by atoms with van der Waals surface area (Å²) < 4.78 is 0. The lowest BCUT2D eigenvalue weighted by molar-refractivity contribution is -0.145. The van der Waals surface area contributed by atoms with Crippen molar-refractivity contribution in [2.75, 3.05) is 13.1 Å². The van der Waals surface area contributed by atoms with Crippen molar-refractivity contribution in [2.24, 2.45) is 5.92 Å². The predicted molar refractivity (Wildman–Crippen MR) is 65.5 cm³/mol. The Hall–Kier alpha value is -2.03. The molecule has 0 spiro atoms. The zero-order valence-corrected chi connectivity index (χ0v) is 10.8. The number of nitrogens with one attached hydrogen (secondary N) is 1. The molecule has 0 radical (unpaired) electrons. The van der Waals surface area contributed by atoms with E-state index in [9.17, 15) is 14.4 Å². The highest BCUT2D eigenvalue weighted by atomic mass is 16.4. The fourth-order valence-corrected chi connectivity index (χ4v) is 1.41. The molecule has 100 valence electrons. The van der Waals surface area contributed by atoms with Gasteiger partial charge in [0.25, 0.3) is 0 Å². The number of rotatable bonds is 6. The Kier molecular flexibility index (Phi) is 6.50. The average Bonchev–Trinajstić information content (AvgIpc) is 2.23. The van der Waals surface area contributed by atoms with Gasteiger partial charge in [0.2, 0.25) is 11.8 Å². The monoisotopic (exact) mass is 254 g/mol. The number of terminal acetylenes is 1. The quantitative estimate of drug-likeness (QED) is 0.637. The molecule has 0 bridgehead atoms. The lowest BCUT2D eigenvalue weighted by Gasteiger charge is -2.27. The molecule has 1 unspecified atom stereocenters. The lowest BCUT2D eigenvalue weighted by atomic mass is 10.0. The molecule has 0 fully saturated rings. The van der Waals surface area contributed by atoms with Crippen LogP contribution in [0.3, 0.4) is 0 Å².